The molecule has 2 aliphatic rings. The summed E-state index contributed by atoms with van der Waals surface area (Å²) in [7, 11) is 1.80. The number of nitrogens with one attached hydrogen (secondary N) is 1. The van der Waals surface area contributed by atoms with Crippen LogP contribution in [-0.4, -0.2) is 25.7 Å². The van der Waals surface area contributed by atoms with Crippen molar-refractivity contribution in [2.45, 2.75) is 44.6 Å². The van der Waals surface area contributed by atoms with Crippen molar-refractivity contribution in [1.29, 1.82) is 0 Å². The fraction of sp³-hybridized carbons (Fsp3) is 0.909. The Bertz CT molecular complexity index is 217. The van der Waals surface area contributed by atoms with Gasteiger partial charge in [-0.15, -0.1) is 0 Å². The van der Waals surface area contributed by atoms with Crippen LogP contribution in [0.1, 0.15) is 38.5 Å². The number of amides is 1. The molecule has 3 heteroatoms. The Labute approximate surface area is 85.2 Å². The van der Waals surface area contributed by atoms with Gasteiger partial charge in [0.15, 0.2) is 0 Å². The fourth-order valence-corrected chi connectivity index (χ4v) is 2.94. The molecule has 1 saturated carbocycles. The van der Waals surface area contributed by atoms with Gasteiger partial charge in [-0.1, -0.05) is 12.8 Å². The molecule has 0 aromatic carbocycles. The molecule has 0 bridgehead atoms. The van der Waals surface area contributed by atoms with E-state index in [2.05, 4.69) is 5.32 Å². The molecule has 1 N–H and O–H groups in total. The minimum atomic E-state index is 0.205. The molecule has 0 aromatic rings. The summed E-state index contributed by atoms with van der Waals surface area (Å²) in [6, 6.07) is 0. The van der Waals surface area contributed by atoms with Crippen molar-refractivity contribution < 1.29 is 9.53 Å². The molecule has 2 fully saturated rings. The molecule has 1 heterocycles. The zero-order valence-corrected chi connectivity index (χ0v) is 8.84. The standard InChI is InChI=1S/C11H19NO2/c1-14-9-4-2-3-6-11(9)7-5-10(13)12-8-11/h9H,2-8H2,1H3,(H,12,13). The van der Waals surface area contributed by atoms with Crippen molar-refractivity contribution in [1.82, 2.24) is 5.32 Å². The van der Waals surface area contributed by atoms with Gasteiger partial charge in [-0.05, 0) is 19.3 Å². The quantitative estimate of drug-likeness (QED) is 0.691. The summed E-state index contributed by atoms with van der Waals surface area (Å²) in [5.41, 5.74) is 0.251. The summed E-state index contributed by atoms with van der Waals surface area (Å²) in [6.07, 6.45) is 6.98. The number of ether oxygens (including phenoxy) is 1. The third-order valence-electron chi connectivity index (χ3n) is 3.85. The van der Waals surface area contributed by atoms with Crippen LogP contribution in [0, 0.1) is 5.41 Å². The minimum Gasteiger partial charge on any atom is -0.381 e. The number of hydrogen-bond acceptors (Lipinski definition) is 2. The summed E-state index contributed by atoms with van der Waals surface area (Å²) >= 11 is 0. The van der Waals surface area contributed by atoms with E-state index in [-0.39, 0.29) is 11.3 Å². The van der Waals surface area contributed by atoms with Gasteiger partial charge in [0.25, 0.3) is 0 Å². The maximum absolute atomic E-state index is 11.1. The molecule has 80 valence electrons. The second kappa shape index (κ2) is 3.89. The number of hydrogen-bond donors (Lipinski definition) is 1. The third kappa shape index (κ3) is 1.65. The van der Waals surface area contributed by atoms with Crippen molar-refractivity contribution >= 4 is 5.91 Å². The molecule has 2 atom stereocenters. The topological polar surface area (TPSA) is 38.3 Å². The van der Waals surface area contributed by atoms with Crippen molar-refractivity contribution in [3.05, 3.63) is 0 Å². The Balaban J connectivity index is 2.07. The van der Waals surface area contributed by atoms with Crippen LogP contribution in [0.3, 0.4) is 0 Å². The average Bonchev–Trinajstić information content (AvgIpc) is 2.23. The highest BCUT2D eigenvalue weighted by Crippen LogP contribution is 2.42. The number of carbonyl (C=O) groups is 1. The molecule has 1 aliphatic carbocycles. The Morgan fingerprint density at radius 1 is 1.43 bits per heavy atom. The number of methoxy groups -OCH3 is 1. The summed E-state index contributed by atoms with van der Waals surface area (Å²) in [5, 5.41) is 2.99. The molecule has 3 nitrogen and oxygen atoms in total. The molecule has 1 spiro atoms. The molecule has 0 radical (unpaired) electrons. The second-order valence-corrected chi connectivity index (χ2v) is 4.61. The number of carbonyl (C=O) groups excluding carboxylic acids is 1. The first-order valence-corrected chi connectivity index (χ1v) is 5.56. The van der Waals surface area contributed by atoms with E-state index in [1.807, 2.05) is 0 Å². The first-order valence-electron chi connectivity index (χ1n) is 5.56. The number of rotatable bonds is 1. The van der Waals surface area contributed by atoms with Gasteiger partial charge in [-0.2, -0.15) is 0 Å². The third-order valence-corrected chi connectivity index (χ3v) is 3.85. The van der Waals surface area contributed by atoms with Crippen molar-refractivity contribution in [2.24, 2.45) is 5.41 Å². The van der Waals surface area contributed by atoms with Crippen LogP contribution in [0.2, 0.25) is 0 Å². The molecule has 2 unspecified atom stereocenters. The van der Waals surface area contributed by atoms with Crippen LogP contribution in [0.25, 0.3) is 0 Å². The molecule has 0 aromatic heterocycles. The summed E-state index contributed by atoms with van der Waals surface area (Å²) in [6.45, 7) is 0.824. The van der Waals surface area contributed by atoms with E-state index in [1.165, 1.54) is 19.3 Å². The predicted molar refractivity (Wildman–Crippen MR) is 53.9 cm³/mol. The van der Waals surface area contributed by atoms with Gasteiger partial charge in [0, 0.05) is 25.5 Å². The molecule has 1 aliphatic heterocycles. The largest absolute Gasteiger partial charge is 0.381 e. The Hall–Kier alpha value is -0.570. The maximum Gasteiger partial charge on any atom is 0.220 e. The fourth-order valence-electron chi connectivity index (χ4n) is 2.94. The Morgan fingerprint density at radius 3 is 2.93 bits per heavy atom. The Kier molecular flexibility index (Phi) is 2.77. The van der Waals surface area contributed by atoms with E-state index < -0.39 is 0 Å². The van der Waals surface area contributed by atoms with Gasteiger partial charge in [-0.3, -0.25) is 4.79 Å². The highest BCUT2D eigenvalue weighted by atomic mass is 16.5. The molecule has 2 rings (SSSR count). The lowest BCUT2D eigenvalue weighted by molar-refractivity contribution is -0.129. The summed E-state index contributed by atoms with van der Waals surface area (Å²) < 4.78 is 5.57. The van der Waals surface area contributed by atoms with Gasteiger partial charge in [0.05, 0.1) is 6.10 Å². The van der Waals surface area contributed by atoms with Crippen LogP contribution in [0.15, 0.2) is 0 Å². The molecule has 14 heavy (non-hydrogen) atoms. The van der Waals surface area contributed by atoms with Crippen molar-refractivity contribution in [3.8, 4) is 0 Å². The molecular weight excluding hydrogens is 178 g/mol. The summed E-state index contributed by atoms with van der Waals surface area (Å²) in [5.74, 6) is 0.205. The van der Waals surface area contributed by atoms with Crippen LogP contribution in [0.4, 0.5) is 0 Å². The average molecular weight is 197 g/mol. The van der Waals surface area contributed by atoms with E-state index in [0.29, 0.717) is 12.5 Å². The maximum atomic E-state index is 11.1. The van der Waals surface area contributed by atoms with Gasteiger partial charge >= 0.3 is 0 Å². The van der Waals surface area contributed by atoms with Crippen molar-refractivity contribution in [3.63, 3.8) is 0 Å². The van der Waals surface area contributed by atoms with Gasteiger partial charge < -0.3 is 10.1 Å². The molecular formula is C11H19NO2. The van der Waals surface area contributed by atoms with E-state index >= 15 is 0 Å². The molecule has 1 amide bonds. The summed E-state index contributed by atoms with van der Waals surface area (Å²) in [4.78, 5) is 11.1. The van der Waals surface area contributed by atoms with Crippen LogP contribution >= 0.6 is 0 Å². The monoisotopic (exact) mass is 197 g/mol. The lowest BCUT2D eigenvalue weighted by Crippen LogP contribution is -2.51. The highest BCUT2D eigenvalue weighted by Gasteiger charge is 2.43. The van der Waals surface area contributed by atoms with Crippen LogP contribution < -0.4 is 5.32 Å². The molecule has 1 saturated heterocycles. The zero-order valence-electron chi connectivity index (χ0n) is 8.84. The predicted octanol–water partition coefficient (Wildman–Crippen LogP) is 1.47. The minimum absolute atomic E-state index is 0.205. The second-order valence-electron chi connectivity index (χ2n) is 4.61. The van der Waals surface area contributed by atoms with Crippen LogP contribution in [-0.2, 0) is 9.53 Å². The lowest BCUT2D eigenvalue weighted by atomic mass is 9.67. The first kappa shape index (κ1) is 9.97. The van der Waals surface area contributed by atoms with Crippen LogP contribution in [0.5, 0.6) is 0 Å². The van der Waals surface area contributed by atoms with Gasteiger partial charge in [-0.25, -0.2) is 0 Å². The van der Waals surface area contributed by atoms with Gasteiger partial charge in [0.2, 0.25) is 5.91 Å². The van der Waals surface area contributed by atoms with E-state index in [9.17, 15) is 4.79 Å². The lowest BCUT2D eigenvalue weighted by Gasteiger charge is -2.45. The van der Waals surface area contributed by atoms with E-state index in [0.717, 1.165) is 19.4 Å². The van der Waals surface area contributed by atoms with Gasteiger partial charge in [0.1, 0.15) is 0 Å². The SMILES string of the molecule is COC1CCCCC12CCC(=O)NC2. The first-order chi connectivity index (χ1) is 6.77. The normalized spacial score (nSPS) is 38.4. The Morgan fingerprint density at radius 2 is 2.29 bits per heavy atom. The smallest absolute Gasteiger partial charge is 0.220 e. The zero-order chi connectivity index (χ0) is 10.0. The van der Waals surface area contributed by atoms with Crippen molar-refractivity contribution in [2.75, 3.05) is 13.7 Å². The van der Waals surface area contributed by atoms with E-state index in [4.69, 9.17) is 4.74 Å². The van der Waals surface area contributed by atoms with E-state index in [1.54, 1.807) is 7.11 Å². The highest BCUT2D eigenvalue weighted by molar-refractivity contribution is 5.76. The number of piperidine rings is 1.